The fraction of sp³-hybridized carbons (Fsp3) is 0.263. The molecule has 0 aliphatic heterocycles. The predicted octanol–water partition coefficient (Wildman–Crippen LogP) is 3.03. The molecule has 0 unspecified atom stereocenters. The van der Waals surface area contributed by atoms with Crippen LogP contribution in [0.1, 0.15) is 17.5 Å². The molecule has 23 heavy (non-hydrogen) atoms. The van der Waals surface area contributed by atoms with Crippen LogP contribution >= 0.6 is 0 Å². The highest BCUT2D eigenvalue weighted by molar-refractivity contribution is 5.80. The van der Waals surface area contributed by atoms with Gasteiger partial charge in [-0.25, -0.2) is 4.98 Å². The highest BCUT2D eigenvalue weighted by atomic mass is 16.1. The summed E-state index contributed by atoms with van der Waals surface area (Å²) in [4.78, 5) is 17.7. The fourth-order valence-corrected chi connectivity index (χ4v) is 2.80. The quantitative estimate of drug-likeness (QED) is 0.806. The number of fused-ring (bicyclic) bond motifs is 1. The normalized spacial score (nSPS) is 11.1. The Kier molecular flexibility index (Phi) is 4.26. The summed E-state index contributed by atoms with van der Waals surface area (Å²) in [6.45, 7) is 5.15. The topological polar surface area (TPSA) is 60.9 Å². The van der Waals surface area contributed by atoms with Crippen molar-refractivity contribution in [2.24, 2.45) is 5.73 Å². The lowest BCUT2D eigenvalue weighted by atomic mass is 10.1. The van der Waals surface area contributed by atoms with Crippen molar-refractivity contribution in [1.29, 1.82) is 0 Å². The maximum Gasteiger partial charge on any atom is 0.261 e. The third-order valence-electron chi connectivity index (χ3n) is 3.97. The summed E-state index contributed by atoms with van der Waals surface area (Å²) >= 11 is 0. The molecule has 0 spiro atoms. The van der Waals surface area contributed by atoms with Crippen molar-refractivity contribution >= 4 is 10.9 Å². The molecule has 4 heteroatoms. The third kappa shape index (κ3) is 3.03. The molecule has 0 fully saturated rings. The highest BCUT2D eigenvalue weighted by Crippen LogP contribution is 2.20. The molecule has 0 aliphatic carbocycles. The Balaban J connectivity index is 2.30. The average molecular weight is 307 g/mol. The molecule has 0 radical (unpaired) electrons. The van der Waals surface area contributed by atoms with E-state index in [2.05, 4.69) is 6.07 Å². The van der Waals surface area contributed by atoms with Crippen LogP contribution in [0.3, 0.4) is 0 Å². The lowest BCUT2D eigenvalue weighted by Gasteiger charge is -2.14. The van der Waals surface area contributed by atoms with Gasteiger partial charge in [0.1, 0.15) is 5.82 Å². The predicted molar refractivity (Wildman–Crippen MR) is 94.6 cm³/mol. The van der Waals surface area contributed by atoms with Crippen LogP contribution in [0.15, 0.2) is 47.3 Å². The Labute approximate surface area is 135 Å². The van der Waals surface area contributed by atoms with Gasteiger partial charge in [0.2, 0.25) is 0 Å². The molecule has 0 atom stereocenters. The average Bonchev–Trinajstić information content (AvgIpc) is 2.54. The van der Waals surface area contributed by atoms with Crippen molar-refractivity contribution in [3.63, 3.8) is 0 Å². The number of benzene rings is 2. The van der Waals surface area contributed by atoms with Crippen molar-refractivity contribution in [3.05, 3.63) is 63.9 Å². The van der Waals surface area contributed by atoms with E-state index in [1.165, 1.54) is 0 Å². The van der Waals surface area contributed by atoms with Crippen molar-refractivity contribution < 1.29 is 0 Å². The number of aryl methyl sites for hydroxylation is 2. The Morgan fingerprint density at radius 1 is 1.09 bits per heavy atom. The molecule has 2 N–H and O–H groups in total. The monoisotopic (exact) mass is 307 g/mol. The molecule has 0 amide bonds. The highest BCUT2D eigenvalue weighted by Gasteiger charge is 2.12. The van der Waals surface area contributed by atoms with Gasteiger partial charge in [0.15, 0.2) is 0 Å². The Hall–Kier alpha value is -2.46. The van der Waals surface area contributed by atoms with Crippen molar-refractivity contribution in [1.82, 2.24) is 9.55 Å². The zero-order valence-corrected chi connectivity index (χ0v) is 13.5. The Morgan fingerprint density at radius 2 is 1.87 bits per heavy atom. The molecule has 1 aromatic heterocycles. The molecule has 2 aromatic carbocycles. The Bertz CT molecular complexity index is 912. The molecule has 3 rings (SSSR count). The molecular weight excluding hydrogens is 286 g/mol. The minimum Gasteiger partial charge on any atom is -0.330 e. The van der Waals surface area contributed by atoms with E-state index in [1.807, 2.05) is 50.2 Å². The maximum absolute atomic E-state index is 12.9. The van der Waals surface area contributed by atoms with Crippen LogP contribution in [0, 0.1) is 13.8 Å². The number of nitrogens with zero attached hydrogens (tertiary/aromatic N) is 2. The first-order chi connectivity index (χ1) is 11.1. The third-order valence-corrected chi connectivity index (χ3v) is 3.97. The van der Waals surface area contributed by atoms with Gasteiger partial charge in [-0.05, 0) is 45.0 Å². The van der Waals surface area contributed by atoms with E-state index < -0.39 is 0 Å². The van der Waals surface area contributed by atoms with E-state index in [4.69, 9.17) is 10.7 Å². The fourth-order valence-electron chi connectivity index (χ4n) is 2.80. The molecule has 0 saturated carbocycles. The molecule has 4 nitrogen and oxygen atoms in total. The summed E-state index contributed by atoms with van der Waals surface area (Å²) in [5.74, 6) is 0.712. The largest absolute Gasteiger partial charge is 0.330 e. The van der Waals surface area contributed by atoms with Crippen molar-refractivity contribution in [2.75, 3.05) is 6.54 Å². The van der Waals surface area contributed by atoms with Crippen molar-refractivity contribution in [2.45, 2.75) is 26.8 Å². The smallest absolute Gasteiger partial charge is 0.261 e. The van der Waals surface area contributed by atoms with Gasteiger partial charge >= 0.3 is 0 Å². The van der Waals surface area contributed by atoms with E-state index in [1.54, 1.807) is 4.57 Å². The second kappa shape index (κ2) is 6.34. The molecular formula is C19H21N3O. The van der Waals surface area contributed by atoms with Gasteiger partial charge in [0.25, 0.3) is 5.56 Å². The molecule has 0 saturated heterocycles. The minimum atomic E-state index is 0.00339. The summed E-state index contributed by atoms with van der Waals surface area (Å²) in [6.07, 6.45) is 0.748. The van der Waals surface area contributed by atoms with Gasteiger partial charge in [-0.3, -0.25) is 9.36 Å². The van der Waals surface area contributed by atoms with Crippen LogP contribution in [-0.4, -0.2) is 16.1 Å². The first kappa shape index (κ1) is 15.4. The van der Waals surface area contributed by atoms with Gasteiger partial charge < -0.3 is 5.73 Å². The zero-order chi connectivity index (χ0) is 16.4. The second-order valence-electron chi connectivity index (χ2n) is 5.92. The summed E-state index contributed by atoms with van der Waals surface area (Å²) in [7, 11) is 0. The summed E-state index contributed by atoms with van der Waals surface area (Å²) in [5, 5.41) is 0.665. The standard InChI is InChI=1S/C19H21N3O/c1-13-5-3-6-15(11-13)18-21-17-8-7-14(2)12-16(17)19(23)22(18)10-4-9-20/h3,5-8,11-12H,4,9-10,20H2,1-2H3. The lowest BCUT2D eigenvalue weighted by Crippen LogP contribution is -2.24. The SMILES string of the molecule is Cc1cccc(-c2nc3ccc(C)cc3c(=O)n2CCCN)c1. The van der Waals surface area contributed by atoms with Gasteiger partial charge in [-0.2, -0.15) is 0 Å². The van der Waals surface area contributed by atoms with Crippen LogP contribution in [0.25, 0.3) is 22.3 Å². The first-order valence-corrected chi connectivity index (χ1v) is 7.88. The van der Waals surface area contributed by atoms with Crippen molar-refractivity contribution in [3.8, 4) is 11.4 Å². The molecule has 0 bridgehead atoms. The lowest BCUT2D eigenvalue weighted by molar-refractivity contribution is 0.632. The van der Waals surface area contributed by atoms with E-state index in [0.29, 0.717) is 24.3 Å². The second-order valence-corrected chi connectivity index (χ2v) is 5.92. The van der Waals surface area contributed by atoms with Gasteiger partial charge in [-0.15, -0.1) is 0 Å². The van der Waals surface area contributed by atoms with Crippen LogP contribution in [0.4, 0.5) is 0 Å². The summed E-state index contributed by atoms with van der Waals surface area (Å²) < 4.78 is 1.75. The number of rotatable bonds is 4. The summed E-state index contributed by atoms with van der Waals surface area (Å²) in [6, 6.07) is 13.9. The molecule has 0 aliphatic rings. The minimum absolute atomic E-state index is 0.00339. The molecule has 3 aromatic rings. The Morgan fingerprint density at radius 3 is 2.61 bits per heavy atom. The maximum atomic E-state index is 12.9. The van der Waals surface area contributed by atoms with Gasteiger partial charge in [-0.1, -0.05) is 35.4 Å². The molecule has 1 heterocycles. The van der Waals surface area contributed by atoms with E-state index in [0.717, 1.165) is 28.6 Å². The van der Waals surface area contributed by atoms with E-state index in [9.17, 15) is 4.79 Å². The number of aromatic nitrogens is 2. The van der Waals surface area contributed by atoms with Gasteiger partial charge in [0, 0.05) is 12.1 Å². The van der Waals surface area contributed by atoms with E-state index in [-0.39, 0.29) is 5.56 Å². The zero-order valence-electron chi connectivity index (χ0n) is 13.5. The number of hydrogen-bond donors (Lipinski definition) is 1. The number of hydrogen-bond acceptors (Lipinski definition) is 3. The van der Waals surface area contributed by atoms with Gasteiger partial charge in [0.05, 0.1) is 10.9 Å². The first-order valence-electron chi connectivity index (χ1n) is 7.88. The van der Waals surface area contributed by atoms with Crippen LogP contribution in [-0.2, 0) is 6.54 Å². The van der Waals surface area contributed by atoms with Crippen LogP contribution < -0.4 is 11.3 Å². The van der Waals surface area contributed by atoms with E-state index >= 15 is 0 Å². The number of nitrogens with two attached hydrogens (primary N) is 1. The summed E-state index contributed by atoms with van der Waals surface area (Å²) in [5.41, 5.74) is 9.55. The molecule has 118 valence electrons. The van der Waals surface area contributed by atoms with Crippen LogP contribution in [0.5, 0.6) is 0 Å². The van der Waals surface area contributed by atoms with Crippen LogP contribution in [0.2, 0.25) is 0 Å².